The average Bonchev–Trinajstić information content (AvgIpc) is 2.23. The number of halogens is 1. The number of nitrogens with zero attached hydrogens (tertiary/aromatic N) is 1. The number of aromatic nitrogens is 1. The van der Waals surface area contributed by atoms with Crippen molar-refractivity contribution in [1.82, 2.24) is 4.98 Å². The molecule has 4 nitrogen and oxygen atoms in total. The molecule has 82 valence electrons. The van der Waals surface area contributed by atoms with Gasteiger partial charge in [-0.25, -0.2) is 4.98 Å². The zero-order valence-electron chi connectivity index (χ0n) is 8.62. The zero-order valence-corrected chi connectivity index (χ0v) is 9.38. The molecule has 0 aliphatic rings. The summed E-state index contributed by atoms with van der Waals surface area (Å²) >= 11 is 6.01. The van der Waals surface area contributed by atoms with Gasteiger partial charge < -0.3 is 11.1 Å². The van der Waals surface area contributed by atoms with Crippen LogP contribution in [0.5, 0.6) is 0 Å². The fourth-order valence-electron chi connectivity index (χ4n) is 1.51. The maximum absolute atomic E-state index is 10.9. The molecule has 0 saturated carbocycles. The molecule has 1 amide bonds. The minimum atomic E-state index is -0.127. The monoisotopic (exact) mass is 235 g/mol. The van der Waals surface area contributed by atoms with Gasteiger partial charge in [0.05, 0.1) is 5.02 Å². The molecule has 3 N–H and O–H groups in total. The van der Waals surface area contributed by atoms with Crippen LogP contribution in [-0.2, 0) is 4.79 Å². The molecule has 0 radical (unpaired) electrons. The SMILES string of the molecule is CC(=O)Nc1ccc2c(N)ncc(Cl)c2c1. The largest absolute Gasteiger partial charge is 0.383 e. The Morgan fingerprint density at radius 3 is 2.88 bits per heavy atom. The van der Waals surface area contributed by atoms with E-state index < -0.39 is 0 Å². The van der Waals surface area contributed by atoms with Gasteiger partial charge in [0, 0.05) is 29.6 Å². The van der Waals surface area contributed by atoms with Crippen molar-refractivity contribution in [2.24, 2.45) is 0 Å². The van der Waals surface area contributed by atoms with E-state index in [1.54, 1.807) is 18.2 Å². The van der Waals surface area contributed by atoms with Gasteiger partial charge in [0.1, 0.15) is 5.82 Å². The van der Waals surface area contributed by atoms with E-state index in [0.717, 1.165) is 10.8 Å². The Bertz CT molecular complexity index is 568. The number of fused-ring (bicyclic) bond motifs is 1. The van der Waals surface area contributed by atoms with Crippen LogP contribution in [0.25, 0.3) is 10.8 Å². The third-order valence-electron chi connectivity index (χ3n) is 2.19. The Labute approximate surface area is 97.4 Å². The molecule has 5 heteroatoms. The Kier molecular flexibility index (Phi) is 2.66. The third kappa shape index (κ3) is 1.92. The molecule has 0 saturated heterocycles. The smallest absolute Gasteiger partial charge is 0.221 e. The Balaban J connectivity index is 2.61. The van der Waals surface area contributed by atoms with Crippen molar-refractivity contribution in [2.45, 2.75) is 6.92 Å². The molecule has 2 rings (SSSR count). The van der Waals surface area contributed by atoms with Crippen LogP contribution in [0.15, 0.2) is 24.4 Å². The summed E-state index contributed by atoms with van der Waals surface area (Å²) in [5.74, 6) is 0.297. The molecule has 0 unspecified atom stereocenters. The number of carbonyl (C=O) groups is 1. The van der Waals surface area contributed by atoms with Gasteiger partial charge in [0.25, 0.3) is 0 Å². The fourth-order valence-corrected chi connectivity index (χ4v) is 1.72. The summed E-state index contributed by atoms with van der Waals surface area (Å²) in [7, 11) is 0. The Hall–Kier alpha value is -1.81. The van der Waals surface area contributed by atoms with E-state index in [1.165, 1.54) is 13.1 Å². The van der Waals surface area contributed by atoms with Crippen molar-refractivity contribution < 1.29 is 4.79 Å². The predicted molar refractivity (Wildman–Crippen MR) is 65.5 cm³/mol. The normalized spacial score (nSPS) is 10.4. The van der Waals surface area contributed by atoms with Gasteiger partial charge in [0.2, 0.25) is 5.91 Å². The van der Waals surface area contributed by atoms with Crippen LogP contribution in [0.4, 0.5) is 11.5 Å². The second kappa shape index (κ2) is 3.98. The van der Waals surface area contributed by atoms with Crippen LogP contribution >= 0.6 is 11.6 Å². The number of nitrogens with two attached hydrogens (primary N) is 1. The molecule has 0 atom stereocenters. The molecule has 16 heavy (non-hydrogen) atoms. The molecule has 0 bridgehead atoms. The van der Waals surface area contributed by atoms with E-state index in [9.17, 15) is 4.79 Å². The number of nitrogens with one attached hydrogen (secondary N) is 1. The average molecular weight is 236 g/mol. The van der Waals surface area contributed by atoms with E-state index in [4.69, 9.17) is 17.3 Å². The highest BCUT2D eigenvalue weighted by Crippen LogP contribution is 2.28. The standard InChI is InChI=1S/C11H10ClN3O/c1-6(16)15-7-2-3-8-9(4-7)10(12)5-14-11(8)13/h2-5H,1H3,(H2,13,14)(H,15,16). The van der Waals surface area contributed by atoms with Gasteiger partial charge in [-0.05, 0) is 18.2 Å². The van der Waals surface area contributed by atoms with E-state index in [0.29, 0.717) is 16.5 Å². The molecule has 0 spiro atoms. The number of hydrogen-bond donors (Lipinski definition) is 2. The molecule has 0 fully saturated rings. The summed E-state index contributed by atoms with van der Waals surface area (Å²) < 4.78 is 0. The maximum Gasteiger partial charge on any atom is 0.221 e. The van der Waals surface area contributed by atoms with Crippen molar-refractivity contribution in [3.8, 4) is 0 Å². The number of carbonyl (C=O) groups excluding carboxylic acids is 1. The summed E-state index contributed by atoms with van der Waals surface area (Å²) in [5, 5.41) is 4.75. The number of rotatable bonds is 1. The van der Waals surface area contributed by atoms with Gasteiger partial charge in [0.15, 0.2) is 0 Å². The summed E-state index contributed by atoms with van der Waals surface area (Å²) in [4.78, 5) is 14.9. The topological polar surface area (TPSA) is 68.0 Å². The van der Waals surface area contributed by atoms with Crippen LogP contribution in [0.3, 0.4) is 0 Å². The number of pyridine rings is 1. The molecule has 1 aromatic heterocycles. The third-order valence-corrected chi connectivity index (χ3v) is 2.49. The predicted octanol–water partition coefficient (Wildman–Crippen LogP) is 2.43. The number of hydrogen-bond acceptors (Lipinski definition) is 3. The van der Waals surface area contributed by atoms with Gasteiger partial charge in [-0.1, -0.05) is 11.6 Å². The van der Waals surface area contributed by atoms with E-state index in [-0.39, 0.29) is 5.91 Å². The summed E-state index contributed by atoms with van der Waals surface area (Å²) in [6, 6.07) is 5.32. The summed E-state index contributed by atoms with van der Waals surface area (Å²) in [6.45, 7) is 1.45. The quantitative estimate of drug-likeness (QED) is 0.798. The number of nitrogen functional groups attached to an aromatic ring is 1. The Morgan fingerprint density at radius 2 is 2.19 bits per heavy atom. The molecule has 2 aromatic rings. The first-order valence-electron chi connectivity index (χ1n) is 4.69. The fraction of sp³-hybridized carbons (Fsp3) is 0.0909. The van der Waals surface area contributed by atoms with Crippen LogP contribution < -0.4 is 11.1 Å². The van der Waals surface area contributed by atoms with Crippen LogP contribution in [0.2, 0.25) is 5.02 Å². The second-order valence-corrected chi connectivity index (χ2v) is 3.84. The van der Waals surface area contributed by atoms with Gasteiger partial charge in [-0.3, -0.25) is 4.79 Å². The van der Waals surface area contributed by atoms with E-state index in [2.05, 4.69) is 10.3 Å². The van der Waals surface area contributed by atoms with Gasteiger partial charge in [-0.2, -0.15) is 0 Å². The number of anilines is 2. The van der Waals surface area contributed by atoms with Crippen LogP contribution in [0, 0.1) is 0 Å². The lowest BCUT2D eigenvalue weighted by Gasteiger charge is -2.06. The first kappa shape index (κ1) is 10.7. The van der Waals surface area contributed by atoms with Gasteiger partial charge >= 0.3 is 0 Å². The summed E-state index contributed by atoms with van der Waals surface area (Å²) in [6.07, 6.45) is 1.50. The highest BCUT2D eigenvalue weighted by molar-refractivity contribution is 6.35. The minimum absolute atomic E-state index is 0.127. The lowest BCUT2D eigenvalue weighted by Crippen LogP contribution is -2.05. The van der Waals surface area contributed by atoms with E-state index in [1.807, 2.05) is 0 Å². The van der Waals surface area contributed by atoms with Crippen molar-refractivity contribution in [3.05, 3.63) is 29.4 Å². The Morgan fingerprint density at radius 1 is 1.44 bits per heavy atom. The second-order valence-electron chi connectivity index (χ2n) is 3.43. The molecular formula is C11H10ClN3O. The van der Waals surface area contributed by atoms with E-state index >= 15 is 0 Å². The molecular weight excluding hydrogens is 226 g/mol. The maximum atomic E-state index is 10.9. The zero-order chi connectivity index (χ0) is 11.7. The minimum Gasteiger partial charge on any atom is -0.383 e. The summed E-state index contributed by atoms with van der Waals surface area (Å²) in [5.41, 5.74) is 6.41. The van der Waals surface area contributed by atoms with Crippen molar-refractivity contribution in [3.63, 3.8) is 0 Å². The first-order chi connectivity index (χ1) is 7.58. The molecule has 1 aromatic carbocycles. The lowest BCUT2D eigenvalue weighted by atomic mass is 10.1. The lowest BCUT2D eigenvalue weighted by molar-refractivity contribution is -0.114. The number of amides is 1. The van der Waals surface area contributed by atoms with Crippen LogP contribution in [-0.4, -0.2) is 10.9 Å². The van der Waals surface area contributed by atoms with Crippen molar-refractivity contribution in [2.75, 3.05) is 11.1 Å². The first-order valence-corrected chi connectivity index (χ1v) is 5.07. The molecule has 0 aliphatic heterocycles. The highest BCUT2D eigenvalue weighted by Gasteiger charge is 2.05. The molecule has 0 aliphatic carbocycles. The van der Waals surface area contributed by atoms with Crippen LogP contribution in [0.1, 0.15) is 6.92 Å². The van der Waals surface area contributed by atoms with Gasteiger partial charge in [-0.15, -0.1) is 0 Å². The van der Waals surface area contributed by atoms with Crippen molar-refractivity contribution in [1.29, 1.82) is 0 Å². The number of benzene rings is 1. The highest BCUT2D eigenvalue weighted by atomic mass is 35.5. The molecule has 1 heterocycles. The van der Waals surface area contributed by atoms with Crippen molar-refractivity contribution >= 4 is 39.8 Å².